The lowest BCUT2D eigenvalue weighted by Gasteiger charge is -2.26. The van der Waals surface area contributed by atoms with Crippen LogP contribution in [0.5, 0.6) is 0 Å². The van der Waals surface area contributed by atoms with E-state index >= 15 is 0 Å². The van der Waals surface area contributed by atoms with Crippen LogP contribution in [-0.2, 0) is 4.79 Å². The number of fused-ring (bicyclic) bond motifs is 1. The van der Waals surface area contributed by atoms with Crippen molar-refractivity contribution in [3.05, 3.63) is 71.5 Å². The lowest BCUT2D eigenvalue weighted by molar-refractivity contribution is -0.118. The summed E-state index contributed by atoms with van der Waals surface area (Å²) in [6.45, 7) is 1.75. The third-order valence-electron chi connectivity index (χ3n) is 5.70. The first-order valence-corrected chi connectivity index (χ1v) is 12.4. The molecule has 0 bridgehead atoms. The van der Waals surface area contributed by atoms with Gasteiger partial charge in [0.05, 0.1) is 16.9 Å². The third-order valence-corrected chi connectivity index (χ3v) is 6.89. The van der Waals surface area contributed by atoms with Crippen LogP contribution >= 0.6 is 22.9 Å². The van der Waals surface area contributed by atoms with Gasteiger partial charge in [-0.2, -0.15) is 10.1 Å². The fourth-order valence-corrected chi connectivity index (χ4v) is 4.94. The molecule has 0 fully saturated rings. The molecule has 13 heteroatoms. The molecule has 0 spiro atoms. The Labute approximate surface area is 218 Å². The van der Waals surface area contributed by atoms with E-state index in [0.29, 0.717) is 37.7 Å². The summed E-state index contributed by atoms with van der Waals surface area (Å²) in [6, 6.07) is 16.5. The second kappa shape index (κ2) is 9.56. The van der Waals surface area contributed by atoms with Crippen LogP contribution in [0.1, 0.15) is 18.7 Å². The molecule has 3 aromatic heterocycles. The molecule has 0 aliphatic carbocycles. The zero-order chi connectivity index (χ0) is 25.4. The fraction of sp³-hybridized carbons (Fsp3) is 0.125. The molecule has 2 atom stereocenters. The number of aliphatic imine (C=N–C) groups is 2. The summed E-state index contributed by atoms with van der Waals surface area (Å²) in [6.07, 6.45) is 1.47. The first-order chi connectivity index (χ1) is 18.0. The summed E-state index contributed by atoms with van der Waals surface area (Å²) < 4.78 is 5.74. The van der Waals surface area contributed by atoms with Gasteiger partial charge in [0.25, 0.3) is 0 Å². The normalized spacial score (nSPS) is 17.4. The number of hydrogen-bond donors (Lipinski definition) is 3. The van der Waals surface area contributed by atoms with Crippen LogP contribution in [0, 0.1) is 5.92 Å². The number of carbonyl (C=O) groups excluding carboxylic acids is 1. The van der Waals surface area contributed by atoms with Gasteiger partial charge in [-0.05, 0) is 19.1 Å². The molecule has 37 heavy (non-hydrogen) atoms. The van der Waals surface area contributed by atoms with E-state index in [2.05, 4.69) is 46.0 Å². The third kappa shape index (κ3) is 4.59. The van der Waals surface area contributed by atoms with Gasteiger partial charge in [-0.25, -0.2) is 9.98 Å². The number of para-hydroxylation sites is 2. The van der Waals surface area contributed by atoms with Gasteiger partial charge in [-0.1, -0.05) is 65.4 Å². The zero-order valence-electron chi connectivity index (χ0n) is 19.2. The summed E-state index contributed by atoms with van der Waals surface area (Å²) in [5, 5.41) is 22.5. The van der Waals surface area contributed by atoms with E-state index in [1.807, 2.05) is 54.6 Å². The minimum atomic E-state index is -0.781. The van der Waals surface area contributed by atoms with Crippen LogP contribution in [0.2, 0.25) is 5.02 Å². The monoisotopic (exact) mass is 531 g/mol. The lowest BCUT2D eigenvalue weighted by Crippen LogP contribution is -2.37. The highest BCUT2D eigenvalue weighted by Crippen LogP contribution is 2.35. The molecule has 3 N–H and O–H groups in total. The average molecular weight is 532 g/mol. The maximum Gasteiger partial charge on any atom is 0.302 e. The summed E-state index contributed by atoms with van der Waals surface area (Å²) in [5.41, 5.74) is 3.22. The largest absolute Gasteiger partial charge is 0.423 e. The Kier molecular flexibility index (Phi) is 5.94. The number of H-pyrrole nitrogens is 1. The van der Waals surface area contributed by atoms with Crippen molar-refractivity contribution in [1.82, 2.24) is 25.4 Å². The number of rotatable bonds is 5. The molecular formula is C24H18ClN9O2S. The molecule has 0 saturated carbocycles. The van der Waals surface area contributed by atoms with Crippen molar-refractivity contribution in [1.29, 1.82) is 0 Å². The Morgan fingerprint density at radius 3 is 2.70 bits per heavy atom. The van der Waals surface area contributed by atoms with E-state index in [0.717, 1.165) is 5.56 Å². The van der Waals surface area contributed by atoms with Crippen molar-refractivity contribution >= 4 is 62.8 Å². The average Bonchev–Trinajstić information content (AvgIpc) is 3.63. The molecule has 2 aromatic carbocycles. The van der Waals surface area contributed by atoms with E-state index in [1.54, 1.807) is 6.92 Å². The molecule has 5 aromatic rings. The van der Waals surface area contributed by atoms with E-state index in [1.165, 1.54) is 17.5 Å². The highest BCUT2D eigenvalue weighted by atomic mass is 35.5. The zero-order valence-corrected chi connectivity index (χ0v) is 20.8. The second-order valence-corrected chi connectivity index (χ2v) is 9.52. The van der Waals surface area contributed by atoms with Gasteiger partial charge in [0, 0.05) is 11.3 Å². The predicted molar refractivity (Wildman–Crippen MR) is 142 cm³/mol. The molecule has 0 saturated heterocycles. The molecule has 184 valence electrons. The van der Waals surface area contributed by atoms with Crippen molar-refractivity contribution < 1.29 is 9.21 Å². The fourth-order valence-electron chi connectivity index (χ4n) is 3.99. The number of guanidine groups is 1. The molecule has 11 nitrogen and oxygen atoms in total. The second-order valence-electron chi connectivity index (χ2n) is 8.14. The number of carbonyl (C=O) groups is 1. The quantitative estimate of drug-likeness (QED) is 0.290. The maximum atomic E-state index is 13.5. The predicted octanol–water partition coefficient (Wildman–Crippen LogP) is 4.96. The van der Waals surface area contributed by atoms with Crippen LogP contribution in [0.3, 0.4) is 0 Å². The number of halogens is 1. The van der Waals surface area contributed by atoms with E-state index in [4.69, 9.17) is 16.0 Å². The molecular weight excluding hydrogens is 514 g/mol. The molecule has 1 amide bonds. The van der Waals surface area contributed by atoms with Crippen molar-refractivity contribution in [2.75, 3.05) is 10.6 Å². The van der Waals surface area contributed by atoms with Gasteiger partial charge in [-0.3, -0.25) is 20.5 Å². The number of anilines is 2. The van der Waals surface area contributed by atoms with Gasteiger partial charge in [0.15, 0.2) is 5.58 Å². The van der Waals surface area contributed by atoms with Crippen LogP contribution in [0.15, 0.2) is 75.2 Å². The molecule has 6 rings (SSSR count). The Bertz CT molecular complexity index is 1620. The Hall–Kier alpha value is -4.42. The molecule has 1 aliphatic heterocycles. The topological polar surface area (TPSA) is 146 Å². The Balaban J connectivity index is 1.28. The first-order valence-electron chi connectivity index (χ1n) is 11.2. The van der Waals surface area contributed by atoms with Gasteiger partial charge >= 0.3 is 6.01 Å². The lowest BCUT2D eigenvalue weighted by atomic mass is 9.91. The number of nitrogens with one attached hydrogen (secondary N) is 3. The number of hydrogen-bond acceptors (Lipinski definition) is 10. The van der Waals surface area contributed by atoms with E-state index < -0.39 is 12.0 Å². The standard InChI is InChI=1S/C24H18ClN9O2S/c1-12-17(20(35)30-24-34-33-21(37-24)13-7-3-2-4-8-13)19(18-14(25)11-26-32-18)29-22(27-12)31-23-28-15-9-5-6-10-16(15)36-23/h2-11,17,19H,1H3,(H,26,32)(H,28,29,31)(H,30,34,35). The summed E-state index contributed by atoms with van der Waals surface area (Å²) in [4.78, 5) is 27.1. The smallest absolute Gasteiger partial charge is 0.302 e. The number of nitrogens with zero attached hydrogens (tertiary/aromatic N) is 6. The van der Waals surface area contributed by atoms with E-state index in [-0.39, 0.29) is 17.9 Å². The van der Waals surface area contributed by atoms with Crippen molar-refractivity contribution in [2.24, 2.45) is 15.9 Å². The van der Waals surface area contributed by atoms with E-state index in [9.17, 15) is 4.79 Å². The van der Waals surface area contributed by atoms with Crippen LogP contribution in [-0.4, -0.2) is 43.0 Å². The number of amides is 1. The minimum absolute atomic E-state index is 0.228. The molecule has 1 aliphatic rings. The maximum absolute atomic E-state index is 13.5. The summed E-state index contributed by atoms with van der Waals surface area (Å²) in [5.74, 6) is -0.903. The van der Waals surface area contributed by atoms with Crippen LogP contribution < -0.4 is 10.6 Å². The summed E-state index contributed by atoms with van der Waals surface area (Å²) in [7, 11) is 0. The van der Waals surface area contributed by atoms with Crippen LogP contribution in [0.25, 0.3) is 21.7 Å². The highest BCUT2D eigenvalue weighted by molar-refractivity contribution is 7.18. The minimum Gasteiger partial charge on any atom is -0.423 e. The Morgan fingerprint density at radius 2 is 1.92 bits per heavy atom. The number of aromatic amines is 1. The van der Waals surface area contributed by atoms with Gasteiger partial charge in [0.1, 0.15) is 22.5 Å². The first kappa shape index (κ1) is 23.0. The van der Waals surface area contributed by atoms with Gasteiger partial charge in [0.2, 0.25) is 17.0 Å². The SMILES string of the molecule is CC1=NC(Nc2nc3ccccc3o2)=NC(c2[nH]ncc2Cl)C1C(=O)Nc1nnc(-c2ccccc2)s1. The van der Waals surface area contributed by atoms with Gasteiger partial charge < -0.3 is 4.42 Å². The Morgan fingerprint density at radius 1 is 1.11 bits per heavy atom. The number of oxazole rings is 1. The van der Waals surface area contributed by atoms with Gasteiger partial charge in [-0.15, -0.1) is 10.2 Å². The van der Waals surface area contributed by atoms with Crippen LogP contribution in [0.4, 0.5) is 11.1 Å². The number of benzene rings is 2. The van der Waals surface area contributed by atoms with Crippen molar-refractivity contribution in [3.8, 4) is 10.6 Å². The van der Waals surface area contributed by atoms with Crippen molar-refractivity contribution in [3.63, 3.8) is 0 Å². The molecule has 0 radical (unpaired) electrons. The molecule has 2 unspecified atom stereocenters. The molecule has 4 heterocycles. The summed E-state index contributed by atoms with van der Waals surface area (Å²) >= 11 is 7.65. The number of aromatic nitrogens is 5. The highest BCUT2D eigenvalue weighted by Gasteiger charge is 2.38. The van der Waals surface area contributed by atoms with Crippen molar-refractivity contribution in [2.45, 2.75) is 13.0 Å².